The number of hydrogen-bond donors (Lipinski definition) is 0. The highest BCUT2D eigenvalue weighted by molar-refractivity contribution is 7.99. The Kier molecular flexibility index (Phi) is 5.36. The lowest BCUT2D eigenvalue weighted by atomic mass is 10.3. The minimum atomic E-state index is 0.601. The van der Waals surface area contributed by atoms with Gasteiger partial charge in [-0.1, -0.05) is 20.8 Å². The van der Waals surface area contributed by atoms with E-state index in [1.807, 2.05) is 11.8 Å². The van der Waals surface area contributed by atoms with Crippen LogP contribution in [0.1, 0.15) is 27.2 Å². The molecule has 55 valence electrons. The van der Waals surface area contributed by atoms with E-state index in [4.69, 9.17) is 0 Å². The Morgan fingerprint density at radius 3 is 2.33 bits per heavy atom. The molecule has 0 saturated heterocycles. The van der Waals surface area contributed by atoms with E-state index in [9.17, 15) is 0 Å². The Morgan fingerprint density at radius 1 is 1.44 bits per heavy atom. The Balaban J connectivity index is 3.06. The van der Waals surface area contributed by atoms with Crippen molar-refractivity contribution >= 4 is 11.8 Å². The van der Waals surface area contributed by atoms with Gasteiger partial charge in [0.1, 0.15) is 0 Å². The predicted octanol–water partition coefficient (Wildman–Crippen LogP) is 2.99. The summed E-state index contributed by atoms with van der Waals surface area (Å²) in [5.74, 6) is 1.80. The average Bonchev–Trinajstić information content (AvgIpc) is 1.83. The fourth-order valence-electron chi connectivity index (χ4n) is 0.446. The van der Waals surface area contributed by atoms with Crippen molar-refractivity contribution in [2.24, 2.45) is 5.92 Å². The Hall–Kier alpha value is 0.350. The minimum absolute atomic E-state index is 0.601. The second-order valence-corrected chi connectivity index (χ2v) is 4.13. The van der Waals surface area contributed by atoms with E-state index in [-0.39, 0.29) is 0 Å². The van der Waals surface area contributed by atoms with Gasteiger partial charge in [0.15, 0.2) is 0 Å². The zero-order valence-electron chi connectivity index (χ0n) is 6.68. The molecule has 9 heavy (non-hydrogen) atoms. The van der Waals surface area contributed by atoms with Crippen LogP contribution in [-0.2, 0) is 0 Å². The smallest absolute Gasteiger partial charge is 0.00161 e. The molecule has 0 bridgehead atoms. The molecule has 0 heterocycles. The maximum Gasteiger partial charge on any atom is 0.00161 e. The first-order valence-electron chi connectivity index (χ1n) is 3.61. The van der Waals surface area contributed by atoms with Gasteiger partial charge in [-0.05, 0) is 25.0 Å². The lowest BCUT2D eigenvalue weighted by molar-refractivity contribution is 0.829. The van der Waals surface area contributed by atoms with Gasteiger partial charge in [0.05, 0.1) is 0 Å². The van der Waals surface area contributed by atoms with Gasteiger partial charge >= 0.3 is 0 Å². The highest BCUT2D eigenvalue weighted by atomic mass is 32.2. The van der Waals surface area contributed by atoms with Crippen LogP contribution in [0.25, 0.3) is 0 Å². The van der Waals surface area contributed by atoms with E-state index in [0.717, 1.165) is 5.25 Å². The van der Waals surface area contributed by atoms with Gasteiger partial charge in [-0.3, -0.25) is 0 Å². The second-order valence-electron chi connectivity index (χ2n) is 2.66. The summed E-state index contributed by atoms with van der Waals surface area (Å²) in [5, 5.41) is 0.814. The van der Waals surface area contributed by atoms with Crippen LogP contribution in [0.4, 0.5) is 0 Å². The van der Waals surface area contributed by atoms with Crippen LogP contribution in [0.15, 0.2) is 0 Å². The van der Waals surface area contributed by atoms with E-state index in [0.29, 0.717) is 5.92 Å². The van der Waals surface area contributed by atoms with E-state index >= 15 is 0 Å². The van der Waals surface area contributed by atoms with Crippen LogP contribution in [0.5, 0.6) is 0 Å². The third kappa shape index (κ3) is 6.23. The molecule has 2 unspecified atom stereocenters. The van der Waals surface area contributed by atoms with Crippen molar-refractivity contribution in [1.82, 2.24) is 0 Å². The van der Waals surface area contributed by atoms with Crippen molar-refractivity contribution < 1.29 is 0 Å². The maximum atomic E-state index is 3.92. The molecule has 0 aliphatic carbocycles. The average molecular weight is 145 g/mol. The van der Waals surface area contributed by atoms with Crippen molar-refractivity contribution in [2.75, 3.05) is 5.75 Å². The fourth-order valence-corrected chi connectivity index (χ4v) is 1.34. The van der Waals surface area contributed by atoms with Crippen molar-refractivity contribution in [1.29, 1.82) is 0 Å². The van der Waals surface area contributed by atoms with E-state index in [2.05, 4.69) is 27.7 Å². The van der Waals surface area contributed by atoms with Crippen molar-refractivity contribution in [3.05, 3.63) is 6.92 Å². The zero-order chi connectivity index (χ0) is 7.28. The van der Waals surface area contributed by atoms with Gasteiger partial charge in [0, 0.05) is 5.25 Å². The molecule has 0 rings (SSSR count). The summed E-state index contributed by atoms with van der Waals surface area (Å²) in [6.07, 6.45) is 1.28. The Morgan fingerprint density at radius 2 is 2.00 bits per heavy atom. The summed E-state index contributed by atoms with van der Waals surface area (Å²) in [5.41, 5.74) is 0. The fraction of sp³-hybridized carbons (Fsp3) is 0.875. The van der Waals surface area contributed by atoms with Crippen molar-refractivity contribution in [3.8, 4) is 0 Å². The van der Waals surface area contributed by atoms with E-state index in [1.54, 1.807) is 0 Å². The Labute approximate surface area is 63.4 Å². The molecule has 0 saturated carbocycles. The number of hydrogen-bond acceptors (Lipinski definition) is 1. The predicted molar refractivity (Wildman–Crippen MR) is 46.7 cm³/mol. The first-order valence-corrected chi connectivity index (χ1v) is 4.66. The van der Waals surface area contributed by atoms with Crippen LogP contribution < -0.4 is 0 Å². The third-order valence-corrected chi connectivity index (χ3v) is 2.90. The summed E-state index contributed by atoms with van der Waals surface area (Å²) in [4.78, 5) is 0. The largest absolute Gasteiger partial charge is 0.159 e. The maximum absolute atomic E-state index is 3.92. The SMILES string of the molecule is [CH2]C(C)CSC(C)CC. The standard InChI is InChI=1S/C8H17S/c1-5-8(4)9-6-7(2)3/h7-8H,2,5-6H2,1,3-4H3. The van der Waals surface area contributed by atoms with Crippen molar-refractivity contribution in [3.63, 3.8) is 0 Å². The molecule has 0 aromatic carbocycles. The van der Waals surface area contributed by atoms with Crippen LogP contribution in [0.3, 0.4) is 0 Å². The molecule has 0 fully saturated rings. The van der Waals surface area contributed by atoms with Crippen molar-refractivity contribution in [2.45, 2.75) is 32.4 Å². The van der Waals surface area contributed by atoms with Gasteiger partial charge < -0.3 is 0 Å². The second kappa shape index (κ2) is 5.16. The van der Waals surface area contributed by atoms with Gasteiger partial charge in [0.25, 0.3) is 0 Å². The number of rotatable bonds is 4. The molecule has 0 aromatic rings. The quantitative estimate of drug-likeness (QED) is 0.586. The lowest BCUT2D eigenvalue weighted by Crippen LogP contribution is -1.99. The lowest BCUT2D eigenvalue weighted by Gasteiger charge is -2.09. The molecule has 0 aliphatic rings. The van der Waals surface area contributed by atoms with Gasteiger partial charge in [0.2, 0.25) is 0 Å². The third-order valence-electron chi connectivity index (χ3n) is 1.24. The molecule has 1 heteroatoms. The first-order chi connectivity index (χ1) is 4.16. The first kappa shape index (κ1) is 9.35. The monoisotopic (exact) mass is 145 g/mol. The topological polar surface area (TPSA) is 0 Å². The van der Waals surface area contributed by atoms with Crippen LogP contribution >= 0.6 is 11.8 Å². The molecule has 2 atom stereocenters. The molecular weight excluding hydrogens is 128 g/mol. The van der Waals surface area contributed by atoms with Gasteiger partial charge in [-0.15, -0.1) is 0 Å². The van der Waals surface area contributed by atoms with Crippen LogP contribution in [0, 0.1) is 12.8 Å². The van der Waals surface area contributed by atoms with Gasteiger partial charge in [-0.2, -0.15) is 11.8 Å². The summed E-state index contributed by atoms with van der Waals surface area (Å²) in [6, 6.07) is 0. The number of thioether (sulfide) groups is 1. The Bertz CT molecular complexity index is 59.6. The highest BCUT2D eigenvalue weighted by Gasteiger charge is 1.99. The van der Waals surface area contributed by atoms with Crippen LogP contribution in [-0.4, -0.2) is 11.0 Å². The van der Waals surface area contributed by atoms with Crippen LogP contribution in [0.2, 0.25) is 0 Å². The summed E-state index contributed by atoms with van der Waals surface area (Å²) < 4.78 is 0. The normalized spacial score (nSPS) is 14.3. The highest BCUT2D eigenvalue weighted by Crippen LogP contribution is 2.16. The summed E-state index contributed by atoms with van der Waals surface area (Å²) in [7, 11) is 0. The molecule has 0 spiro atoms. The molecular formula is C8H17S. The van der Waals surface area contributed by atoms with Gasteiger partial charge in [-0.25, -0.2) is 0 Å². The molecule has 0 amide bonds. The van der Waals surface area contributed by atoms with E-state index in [1.165, 1.54) is 12.2 Å². The molecule has 0 nitrogen and oxygen atoms in total. The summed E-state index contributed by atoms with van der Waals surface area (Å²) >= 11 is 2.02. The molecule has 1 radical (unpaired) electrons. The minimum Gasteiger partial charge on any atom is -0.159 e. The summed E-state index contributed by atoms with van der Waals surface area (Å²) in [6.45, 7) is 10.6. The zero-order valence-corrected chi connectivity index (χ0v) is 7.50. The molecule has 0 N–H and O–H groups in total. The molecule has 0 aliphatic heterocycles. The molecule has 0 aromatic heterocycles. The van der Waals surface area contributed by atoms with E-state index < -0.39 is 0 Å².